The smallest absolute Gasteiger partial charge is 0.244 e. The summed E-state index contributed by atoms with van der Waals surface area (Å²) < 4.78 is 0. The Labute approximate surface area is 122 Å². The highest BCUT2D eigenvalue weighted by Gasteiger charge is 2.26. The second-order valence-corrected chi connectivity index (χ2v) is 4.68. The van der Waals surface area contributed by atoms with Crippen LogP contribution in [0, 0.1) is 0 Å². The summed E-state index contributed by atoms with van der Waals surface area (Å²) in [5.41, 5.74) is 6.55. The van der Waals surface area contributed by atoms with Gasteiger partial charge in [0.1, 0.15) is 6.54 Å². The highest BCUT2D eigenvalue weighted by molar-refractivity contribution is 6.10. The Morgan fingerprint density at radius 3 is 2.81 bits per heavy atom. The number of benzene rings is 1. The maximum Gasteiger partial charge on any atom is 0.244 e. The molecular formula is C14H18N4O3. The Bertz CT molecular complexity index is 559. The molecule has 1 aliphatic rings. The fourth-order valence-electron chi connectivity index (χ4n) is 2.11. The average molecular weight is 290 g/mol. The van der Waals surface area contributed by atoms with Crippen molar-refractivity contribution in [3.63, 3.8) is 0 Å². The Morgan fingerprint density at radius 2 is 2.05 bits per heavy atom. The summed E-state index contributed by atoms with van der Waals surface area (Å²) in [6.45, 7) is 0.724. The molecule has 1 aromatic carbocycles. The van der Waals surface area contributed by atoms with Crippen molar-refractivity contribution in [1.82, 2.24) is 5.32 Å². The minimum absolute atomic E-state index is 0.0275. The molecule has 0 fully saturated rings. The van der Waals surface area contributed by atoms with E-state index < -0.39 is 0 Å². The van der Waals surface area contributed by atoms with Gasteiger partial charge in [0.05, 0.1) is 11.4 Å². The SMILES string of the molecule is NCCNC(=O)CCC(=O)N1CC(=O)Nc2ccccc21. The van der Waals surface area contributed by atoms with Crippen molar-refractivity contribution >= 4 is 29.1 Å². The molecule has 0 unspecified atom stereocenters. The lowest BCUT2D eigenvalue weighted by molar-refractivity contribution is -0.125. The number of rotatable bonds is 5. The van der Waals surface area contributed by atoms with Crippen molar-refractivity contribution < 1.29 is 14.4 Å². The summed E-state index contributed by atoms with van der Waals surface area (Å²) in [4.78, 5) is 36.7. The summed E-state index contributed by atoms with van der Waals surface area (Å²) in [6, 6.07) is 7.08. The second-order valence-electron chi connectivity index (χ2n) is 4.68. The first-order valence-electron chi connectivity index (χ1n) is 6.78. The van der Waals surface area contributed by atoms with Crippen LogP contribution in [0.1, 0.15) is 12.8 Å². The summed E-state index contributed by atoms with van der Waals surface area (Å²) in [5, 5.41) is 5.32. The molecule has 0 saturated carbocycles. The van der Waals surface area contributed by atoms with Gasteiger partial charge in [-0.3, -0.25) is 14.4 Å². The van der Waals surface area contributed by atoms with E-state index in [2.05, 4.69) is 10.6 Å². The largest absolute Gasteiger partial charge is 0.355 e. The first-order chi connectivity index (χ1) is 10.1. The number of anilines is 2. The lowest BCUT2D eigenvalue weighted by Crippen LogP contribution is -2.42. The minimum Gasteiger partial charge on any atom is -0.355 e. The van der Waals surface area contributed by atoms with Crippen LogP contribution in [0.25, 0.3) is 0 Å². The fraction of sp³-hybridized carbons (Fsp3) is 0.357. The van der Waals surface area contributed by atoms with E-state index in [1.165, 1.54) is 4.90 Å². The van der Waals surface area contributed by atoms with Crippen LogP contribution in [0.15, 0.2) is 24.3 Å². The van der Waals surface area contributed by atoms with Gasteiger partial charge in [-0.05, 0) is 12.1 Å². The zero-order valence-corrected chi connectivity index (χ0v) is 11.6. The van der Waals surface area contributed by atoms with Gasteiger partial charge in [0.15, 0.2) is 0 Å². The lowest BCUT2D eigenvalue weighted by Gasteiger charge is -2.29. The van der Waals surface area contributed by atoms with Crippen molar-refractivity contribution in [2.45, 2.75) is 12.8 Å². The van der Waals surface area contributed by atoms with Gasteiger partial charge in [0.2, 0.25) is 17.7 Å². The van der Waals surface area contributed by atoms with Gasteiger partial charge in [0, 0.05) is 25.9 Å². The van der Waals surface area contributed by atoms with Gasteiger partial charge in [-0.25, -0.2) is 0 Å². The van der Waals surface area contributed by atoms with E-state index in [0.717, 1.165) is 0 Å². The number of hydrogen-bond donors (Lipinski definition) is 3. The van der Waals surface area contributed by atoms with Gasteiger partial charge in [-0.1, -0.05) is 12.1 Å². The van der Waals surface area contributed by atoms with Gasteiger partial charge in [-0.2, -0.15) is 0 Å². The average Bonchev–Trinajstić information content (AvgIpc) is 2.49. The molecule has 1 aliphatic heterocycles. The van der Waals surface area contributed by atoms with Crippen LogP contribution in [0.5, 0.6) is 0 Å². The Kier molecular flexibility index (Phi) is 4.89. The normalized spacial score (nSPS) is 13.4. The molecule has 7 heteroatoms. The third-order valence-corrected chi connectivity index (χ3v) is 3.10. The van der Waals surface area contributed by atoms with Crippen molar-refractivity contribution in [1.29, 1.82) is 0 Å². The standard InChI is InChI=1S/C14H18N4O3/c15-7-8-16-12(19)5-6-14(21)18-9-13(20)17-10-3-1-2-4-11(10)18/h1-4H,5-9,15H2,(H,16,19)(H,17,20). The molecule has 21 heavy (non-hydrogen) atoms. The van der Waals surface area contributed by atoms with Crippen LogP contribution >= 0.6 is 0 Å². The number of carbonyl (C=O) groups is 3. The molecule has 0 aromatic heterocycles. The highest BCUT2D eigenvalue weighted by Crippen LogP contribution is 2.29. The van der Waals surface area contributed by atoms with Crippen molar-refractivity contribution in [2.75, 3.05) is 29.9 Å². The molecule has 112 valence electrons. The molecule has 7 nitrogen and oxygen atoms in total. The molecular weight excluding hydrogens is 272 g/mol. The number of fused-ring (bicyclic) bond motifs is 1. The number of nitrogens with two attached hydrogens (primary N) is 1. The number of para-hydroxylation sites is 2. The maximum absolute atomic E-state index is 12.2. The van der Waals surface area contributed by atoms with E-state index in [4.69, 9.17) is 5.73 Å². The van der Waals surface area contributed by atoms with Crippen LogP contribution in [-0.4, -0.2) is 37.4 Å². The topological polar surface area (TPSA) is 105 Å². The molecule has 0 radical (unpaired) electrons. The number of carbonyl (C=O) groups excluding carboxylic acids is 3. The molecule has 0 saturated heterocycles. The van der Waals surface area contributed by atoms with E-state index in [0.29, 0.717) is 24.5 Å². The van der Waals surface area contributed by atoms with E-state index in [-0.39, 0.29) is 37.1 Å². The zero-order chi connectivity index (χ0) is 15.2. The Hall–Kier alpha value is -2.41. The quantitative estimate of drug-likeness (QED) is 0.700. The number of hydrogen-bond acceptors (Lipinski definition) is 4. The van der Waals surface area contributed by atoms with Crippen LogP contribution in [0.3, 0.4) is 0 Å². The summed E-state index contributed by atoms with van der Waals surface area (Å²) in [5.74, 6) is -0.710. The first kappa shape index (κ1) is 15.0. The van der Waals surface area contributed by atoms with E-state index in [1.54, 1.807) is 24.3 Å². The van der Waals surface area contributed by atoms with Crippen molar-refractivity contribution in [3.05, 3.63) is 24.3 Å². The molecule has 0 bridgehead atoms. The highest BCUT2D eigenvalue weighted by atomic mass is 16.2. The number of nitrogens with one attached hydrogen (secondary N) is 2. The number of nitrogens with zero attached hydrogens (tertiary/aromatic N) is 1. The third-order valence-electron chi connectivity index (χ3n) is 3.10. The molecule has 0 atom stereocenters. The summed E-state index contributed by atoms with van der Waals surface area (Å²) >= 11 is 0. The van der Waals surface area contributed by atoms with Crippen LogP contribution in [-0.2, 0) is 14.4 Å². The molecule has 3 amide bonds. The summed E-state index contributed by atoms with van der Waals surface area (Å²) in [6.07, 6.45) is 0.136. The first-order valence-corrected chi connectivity index (χ1v) is 6.78. The minimum atomic E-state index is -0.250. The molecule has 4 N–H and O–H groups in total. The van der Waals surface area contributed by atoms with Crippen molar-refractivity contribution in [3.8, 4) is 0 Å². The van der Waals surface area contributed by atoms with Crippen LogP contribution < -0.4 is 21.3 Å². The second kappa shape index (κ2) is 6.85. The molecule has 2 rings (SSSR count). The Morgan fingerprint density at radius 1 is 1.29 bits per heavy atom. The fourth-order valence-corrected chi connectivity index (χ4v) is 2.11. The third kappa shape index (κ3) is 3.79. The molecule has 1 heterocycles. The molecule has 1 aromatic rings. The van der Waals surface area contributed by atoms with Crippen molar-refractivity contribution in [2.24, 2.45) is 5.73 Å². The van der Waals surface area contributed by atoms with Gasteiger partial charge in [-0.15, -0.1) is 0 Å². The summed E-state index contributed by atoms with van der Waals surface area (Å²) in [7, 11) is 0. The van der Waals surface area contributed by atoms with Crippen LogP contribution in [0.2, 0.25) is 0 Å². The van der Waals surface area contributed by atoms with E-state index in [1.807, 2.05) is 0 Å². The molecule has 0 aliphatic carbocycles. The van der Waals surface area contributed by atoms with E-state index >= 15 is 0 Å². The van der Waals surface area contributed by atoms with Gasteiger partial charge < -0.3 is 21.3 Å². The van der Waals surface area contributed by atoms with E-state index in [9.17, 15) is 14.4 Å². The Balaban J connectivity index is 1.99. The maximum atomic E-state index is 12.2. The predicted octanol–water partition coefficient (Wildman–Crippen LogP) is -0.173. The molecule has 0 spiro atoms. The number of amides is 3. The lowest BCUT2D eigenvalue weighted by atomic mass is 10.1. The van der Waals surface area contributed by atoms with Gasteiger partial charge in [0.25, 0.3) is 0 Å². The predicted molar refractivity (Wildman–Crippen MR) is 78.7 cm³/mol. The zero-order valence-electron chi connectivity index (χ0n) is 11.6. The van der Waals surface area contributed by atoms with Crippen LogP contribution in [0.4, 0.5) is 11.4 Å². The monoisotopic (exact) mass is 290 g/mol. The van der Waals surface area contributed by atoms with Gasteiger partial charge >= 0.3 is 0 Å².